The van der Waals surface area contributed by atoms with Crippen molar-refractivity contribution in [2.24, 2.45) is 10.9 Å². The molecule has 1 saturated heterocycles. The topological polar surface area (TPSA) is 56.9 Å². The molecule has 0 spiro atoms. The molecule has 0 unspecified atom stereocenters. The average molecular weight is 424 g/mol. The standard InChI is InChI=1S/C20H30ClN5OS/c1-14-15(2)27-19(24-14)13-26-9-7-16(8-10-26)11-23-20(22-3)25(4)12-17-5-6-18(21)28-17/h5-6,16H,7-13H2,1-4H3,(H,22,23). The summed E-state index contributed by atoms with van der Waals surface area (Å²) in [6.45, 7) is 8.70. The van der Waals surface area contributed by atoms with Gasteiger partial charge in [0.1, 0.15) is 5.76 Å². The number of aryl methyl sites for hydroxylation is 2. The average Bonchev–Trinajstić information content (AvgIpc) is 3.21. The molecule has 154 valence electrons. The molecule has 2 aromatic heterocycles. The second-order valence-electron chi connectivity index (χ2n) is 7.46. The number of halogens is 1. The van der Waals surface area contributed by atoms with Crippen molar-refractivity contribution in [3.05, 3.63) is 38.7 Å². The van der Waals surface area contributed by atoms with E-state index in [2.05, 4.69) is 38.2 Å². The number of aliphatic imine (C=N–C) groups is 1. The van der Waals surface area contributed by atoms with Crippen LogP contribution >= 0.6 is 22.9 Å². The summed E-state index contributed by atoms with van der Waals surface area (Å²) in [6.07, 6.45) is 2.35. The van der Waals surface area contributed by atoms with Crippen LogP contribution in [0.1, 0.15) is 35.1 Å². The van der Waals surface area contributed by atoms with Crippen molar-refractivity contribution in [3.63, 3.8) is 0 Å². The van der Waals surface area contributed by atoms with Crippen LogP contribution < -0.4 is 5.32 Å². The smallest absolute Gasteiger partial charge is 0.208 e. The maximum absolute atomic E-state index is 6.03. The highest BCUT2D eigenvalue weighted by atomic mass is 35.5. The predicted octanol–water partition coefficient (Wildman–Crippen LogP) is 3.93. The Morgan fingerprint density at radius 2 is 2.14 bits per heavy atom. The Morgan fingerprint density at radius 3 is 2.71 bits per heavy atom. The van der Waals surface area contributed by atoms with E-state index in [1.54, 1.807) is 11.3 Å². The van der Waals surface area contributed by atoms with Crippen LogP contribution in [0.3, 0.4) is 0 Å². The highest BCUT2D eigenvalue weighted by Crippen LogP contribution is 2.23. The molecule has 3 heterocycles. The second-order valence-corrected chi connectivity index (χ2v) is 9.26. The van der Waals surface area contributed by atoms with Gasteiger partial charge in [-0.15, -0.1) is 11.3 Å². The molecule has 0 atom stereocenters. The van der Waals surface area contributed by atoms with E-state index in [9.17, 15) is 0 Å². The molecule has 1 fully saturated rings. The summed E-state index contributed by atoms with van der Waals surface area (Å²) in [4.78, 5) is 14.7. The van der Waals surface area contributed by atoms with Gasteiger partial charge in [-0.2, -0.15) is 0 Å². The maximum atomic E-state index is 6.03. The summed E-state index contributed by atoms with van der Waals surface area (Å²) in [7, 11) is 3.90. The molecule has 0 amide bonds. The summed E-state index contributed by atoms with van der Waals surface area (Å²) in [5.74, 6) is 3.35. The first kappa shape index (κ1) is 21.1. The Morgan fingerprint density at radius 1 is 1.39 bits per heavy atom. The van der Waals surface area contributed by atoms with Crippen LogP contribution in [0.5, 0.6) is 0 Å². The van der Waals surface area contributed by atoms with E-state index >= 15 is 0 Å². The summed E-state index contributed by atoms with van der Waals surface area (Å²) in [6, 6.07) is 4.02. The molecule has 0 saturated carbocycles. The van der Waals surface area contributed by atoms with Gasteiger partial charge in [0, 0.05) is 25.5 Å². The lowest BCUT2D eigenvalue weighted by Gasteiger charge is -2.32. The minimum atomic E-state index is 0.658. The molecule has 1 N–H and O–H groups in total. The summed E-state index contributed by atoms with van der Waals surface area (Å²) >= 11 is 7.65. The van der Waals surface area contributed by atoms with Gasteiger partial charge in [-0.3, -0.25) is 9.89 Å². The zero-order valence-electron chi connectivity index (χ0n) is 17.2. The van der Waals surface area contributed by atoms with Gasteiger partial charge in [0.25, 0.3) is 0 Å². The lowest BCUT2D eigenvalue weighted by atomic mass is 9.97. The number of thiophene rings is 1. The largest absolute Gasteiger partial charge is 0.444 e. The third-order valence-corrected chi connectivity index (χ3v) is 6.50. The van der Waals surface area contributed by atoms with E-state index in [0.29, 0.717) is 5.92 Å². The van der Waals surface area contributed by atoms with Gasteiger partial charge in [0.2, 0.25) is 5.89 Å². The van der Waals surface area contributed by atoms with Crippen molar-refractivity contribution >= 4 is 28.9 Å². The predicted molar refractivity (Wildman–Crippen MR) is 116 cm³/mol. The third kappa shape index (κ3) is 5.72. The number of aromatic nitrogens is 1. The van der Waals surface area contributed by atoms with Gasteiger partial charge in [-0.05, 0) is 57.8 Å². The number of likely N-dealkylation sites (tertiary alicyclic amines) is 1. The van der Waals surface area contributed by atoms with Gasteiger partial charge in [-0.1, -0.05) is 11.6 Å². The van der Waals surface area contributed by atoms with E-state index in [4.69, 9.17) is 16.0 Å². The van der Waals surface area contributed by atoms with Crippen LogP contribution in [0.4, 0.5) is 0 Å². The van der Waals surface area contributed by atoms with Crippen LogP contribution in [-0.4, -0.2) is 54.5 Å². The first-order valence-corrected chi connectivity index (χ1v) is 10.9. The number of nitrogens with zero attached hydrogens (tertiary/aromatic N) is 4. The molecule has 1 aliphatic rings. The highest BCUT2D eigenvalue weighted by Gasteiger charge is 2.21. The van der Waals surface area contributed by atoms with Crippen molar-refractivity contribution in [3.8, 4) is 0 Å². The maximum Gasteiger partial charge on any atom is 0.208 e. The lowest BCUT2D eigenvalue weighted by molar-refractivity contribution is 0.163. The summed E-state index contributed by atoms with van der Waals surface area (Å²) in [5, 5.41) is 3.54. The van der Waals surface area contributed by atoms with E-state index in [0.717, 1.165) is 60.4 Å². The van der Waals surface area contributed by atoms with Gasteiger partial charge in [0.05, 0.1) is 23.1 Å². The molecule has 1 aliphatic heterocycles. The molecule has 0 aliphatic carbocycles. The van der Waals surface area contributed by atoms with E-state index < -0.39 is 0 Å². The molecule has 0 radical (unpaired) electrons. The Kier molecular flexibility index (Phi) is 7.37. The SMILES string of the molecule is CN=C(NCC1CCN(Cc2nc(C)c(C)o2)CC1)N(C)Cc1ccc(Cl)s1. The molecular weight excluding hydrogens is 394 g/mol. The quantitative estimate of drug-likeness (QED) is 0.563. The minimum Gasteiger partial charge on any atom is -0.444 e. The summed E-state index contributed by atoms with van der Waals surface area (Å²) in [5.41, 5.74) is 0.995. The van der Waals surface area contributed by atoms with Crippen molar-refractivity contribution in [1.29, 1.82) is 0 Å². The van der Waals surface area contributed by atoms with Crippen molar-refractivity contribution in [2.75, 3.05) is 33.7 Å². The molecular formula is C20H30ClN5OS. The Labute approximate surface area is 176 Å². The molecule has 3 rings (SSSR count). The monoisotopic (exact) mass is 423 g/mol. The fourth-order valence-electron chi connectivity index (χ4n) is 3.51. The highest BCUT2D eigenvalue weighted by molar-refractivity contribution is 7.16. The molecule has 6 nitrogen and oxygen atoms in total. The number of guanidine groups is 1. The number of rotatable bonds is 6. The van der Waals surface area contributed by atoms with Crippen LogP contribution in [0.15, 0.2) is 21.5 Å². The molecule has 0 aromatic carbocycles. The van der Waals surface area contributed by atoms with E-state index in [1.165, 1.54) is 17.7 Å². The number of nitrogens with one attached hydrogen (secondary N) is 1. The number of piperidine rings is 1. The lowest BCUT2D eigenvalue weighted by Crippen LogP contribution is -2.43. The van der Waals surface area contributed by atoms with Gasteiger partial charge in [0.15, 0.2) is 5.96 Å². The van der Waals surface area contributed by atoms with E-state index in [-0.39, 0.29) is 0 Å². The molecule has 28 heavy (non-hydrogen) atoms. The van der Waals surface area contributed by atoms with Crippen LogP contribution in [0, 0.1) is 19.8 Å². The zero-order valence-corrected chi connectivity index (χ0v) is 18.7. The number of hydrogen-bond acceptors (Lipinski definition) is 5. The van der Waals surface area contributed by atoms with E-state index in [1.807, 2.05) is 27.0 Å². The fourth-order valence-corrected chi connectivity index (χ4v) is 4.65. The first-order chi connectivity index (χ1) is 13.4. The number of oxazole rings is 1. The van der Waals surface area contributed by atoms with Crippen molar-refractivity contribution < 1.29 is 4.42 Å². The normalized spacial score (nSPS) is 16.5. The second kappa shape index (κ2) is 9.76. The fraction of sp³-hybridized carbons (Fsp3) is 0.600. The van der Waals surface area contributed by atoms with Gasteiger partial charge in [-0.25, -0.2) is 4.98 Å². The van der Waals surface area contributed by atoms with Gasteiger partial charge >= 0.3 is 0 Å². The Balaban J connectivity index is 1.41. The van der Waals surface area contributed by atoms with Crippen molar-refractivity contribution in [1.82, 2.24) is 20.1 Å². The number of hydrogen-bond donors (Lipinski definition) is 1. The molecule has 0 bridgehead atoms. The van der Waals surface area contributed by atoms with Crippen LogP contribution in [0.25, 0.3) is 0 Å². The Hall–Kier alpha value is -1.57. The third-order valence-electron chi connectivity index (χ3n) is 5.28. The van der Waals surface area contributed by atoms with Gasteiger partial charge < -0.3 is 14.6 Å². The molecule has 8 heteroatoms. The molecule has 2 aromatic rings. The summed E-state index contributed by atoms with van der Waals surface area (Å²) < 4.78 is 6.55. The van der Waals surface area contributed by atoms with Crippen LogP contribution in [-0.2, 0) is 13.1 Å². The van der Waals surface area contributed by atoms with Crippen LogP contribution in [0.2, 0.25) is 4.34 Å². The Bertz CT molecular complexity index is 775. The first-order valence-electron chi connectivity index (χ1n) is 9.76. The minimum absolute atomic E-state index is 0.658. The zero-order chi connectivity index (χ0) is 20.1. The van der Waals surface area contributed by atoms with Crippen molar-refractivity contribution in [2.45, 2.75) is 39.8 Å².